The van der Waals surface area contributed by atoms with Crippen molar-refractivity contribution >= 4 is 43.7 Å². The van der Waals surface area contributed by atoms with Gasteiger partial charge in [-0.05, 0) is 104 Å². The third kappa shape index (κ3) is 5.00. The van der Waals surface area contributed by atoms with Gasteiger partial charge in [-0.15, -0.1) is 0 Å². The Morgan fingerprint density at radius 2 is 0.797 bits per heavy atom. The Morgan fingerprint density at radius 1 is 0.328 bits per heavy atom. The molecule has 0 amide bonds. The van der Waals surface area contributed by atoms with Gasteiger partial charge in [-0.1, -0.05) is 158 Å². The van der Waals surface area contributed by atoms with Crippen molar-refractivity contribution in [3.05, 3.63) is 229 Å². The predicted octanol–water partition coefficient (Wildman–Crippen LogP) is 15.4. The van der Waals surface area contributed by atoms with Gasteiger partial charge in [0.1, 0.15) is 22.5 Å². The number of rotatable bonds is 4. The SMILES string of the molecule is c1ccc2c(c1)Oc1ccccc1C21c2ccccc2-c2ccc(-c3ccc(-c4cc(-c5nc6c(ccc7ccccc76)o5)cc(-c5nc6c(ccc7ccccc76)o5)c4)cc3)cc21. The van der Waals surface area contributed by atoms with Gasteiger partial charge in [0.05, 0.1) is 5.41 Å². The smallest absolute Gasteiger partial charge is 0.227 e. The Balaban J connectivity index is 0.912. The number of fused-ring (bicyclic) bond motifs is 15. The molecule has 0 N–H and O–H groups in total. The Morgan fingerprint density at radius 3 is 1.41 bits per heavy atom. The molecule has 0 atom stereocenters. The van der Waals surface area contributed by atoms with Crippen molar-refractivity contribution in [3.8, 4) is 67.8 Å². The van der Waals surface area contributed by atoms with Crippen LogP contribution in [0, 0.1) is 0 Å². The van der Waals surface area contributed by atoms with Gasteiger partial charge in [0.15, 0.2) is 11.2 Å². The van der Waals surface area contributed by atoms with E-state index in [0.29, 0.717) is 11.8 Å². The summed E-state index contributed by atoms with van der Waals surface area (Å²) in [4.78, 5) is 10.2. The summed E-state index contributed by atoms with van der Waals surface area (Å²) in [6.45, 7) is 0. The molecule has 12 aromatic rings. The number of oxazole rings is 2. The van der Waals surface area contributed by atoms with E-state index in [2.05, 4.69) is 170 Å². The monoisotopic (exact) mass is 818 g/mol. The van der Waals surface area contributed by atoms with Gasteiger partial charge in [-0.2, -0.15) is 0 Å². The van der Waals surface area contributed by atoms with Gasteiger partial charge in [-0.25, -0.2) is 9.97 Å². The molecule has 2 aliphatic rings. The zero-order chi connectivity index (χ0) is 41.9. The van der Waals surface area contributed by atoms with Crippen LogP contribution in [0.4, 0.5) is 0 Å². The van der Waals surface area contributed by atoms with Gasteiger partial charge >= 0.3 is 0 Å². The summed E-state index contributed by atoms with van der Waals surface area (Å²) in [7, 11) is 0. The second-order valence-electron chi connectivity index (χ2n) is 16.8. The second-order valence-corrected chi connectivity index (χ2v) is 16.8. The highest BCUT2D eigenvalue weighted by molar-refractivity contribution is 6.05. The lowest BCUT2D eigenvalue weighted by Crippen LogP contribution is -2.32. The average molecular weight is 819 g/mol. The summed E-state index contributed by atoms with van der Waals surface area (Å²) >= 11 is 0. The van der Waals surface area contributed by atoms with Crippen molar-refractivity contribution in [2.75, 3.05) is 0 Å². The first-order valence-electron chi connectivity index (χ1n) is 21.6. The average Bonchev–Trinajstić information content (AvgIpc) is 4.08. The zero-order valence-corrected chi connectivity index (χ0v) is 34.2. The van der Waals surface area contributed by atoms with E-state index in [9.17, 15) is 0 Å². The number of hydrogen-bond acceptors (Lipinski definition) is 5. The fraction of sp³-hybridized carbons (Fsp3) is 0.0169. The highest BCUT2D eigenvalue weighted by atomic mass is 16.5. The molecule has 0 fully saturated rings. The van der Waals surface area contributed by atoms with Crippen LogP contribution >= 0.6 is 0 Å². The lowest BCUT2D eigenvalue weighted by molar-refractivity contribution is 0.436. The Kier molecular flexibility index (Phi) is 7.26. The summed E-state index contributed by atoms with van der Waals surface area (Å²) in [5, 5.41) is 4.35. The van der Waals surface area contributed by atoms with Crippen molar-refractivity contribution in [2.45, 2.75) is 5.41 Å². The van der Waals surface area contributed by atoms with E-state index >= 15 is 0 Å². The molecule has 2 aromatic heterocycles. The van der Waals surface area contributed by atoms with E-state index in [1.165, 1.54) is 22.3 Å². The molecule has 0 bridgehead atoms. The van der Waals surface area contributed by atoms with Crippen molar-refractivity contribution in [3.63, 3.8) is 0 Å². The largest absolute Gasteiger partial charge is 0.457 e. The van der Waals surface area contributed by atoms with Gasteiger partial charge in [0.2, 0.25) is 11.8 Å². The minimum atomic E-state index is -0.530. The molecule has 0 radical (unpaired) electrons. The van der Waals surface area contributed by atoms with Crippen LogP contribution in [-0.2, 0) is 5.41 Å². The number of benzene rings is 10. The van der Waals surface area contributed by atoms with E-state index in [-0.39, 0.29) is 0 Å². The Bertz CT molecular complexity index is 3720. The first-order valence-corrected chi connectivity index (χ1v) is 21.6. The number of ether oxygens (including phenoxy) is 1. The minimum absolute atomic E-state index is 0.530. The van der Waals surface area contributed by atoms with Crippen LogP contribution in [0.3, 0.4) is 0 Å². The Hall–Kier alpha value is -8.54. The molecule has 5 heteroatoms. The van der Waals surface area contributed by atoms with Crippen molar-refractivity contribution < 1.29 is 13.6 Å². The van der Waals surface area contributed by atoms with Crippen LogP contribution in [0.1, 0.15) is 22.3 Å². The van der Waals surface area contributed by atoms with Crippen LogP contribution in [0.2, 0.25) is 0 Å². The quantitative estimate of drug-likeness (QED) is 0.177. The summed E-state index contributed by atoms with van der Waals surface area (Å²) in [5.41, 5.74) is 16.0. The van der Waals surface area contributed by atoms with Crippen LogP contribution in [0.15, 0.2) is 215 Å². The molecule has 298 valence electrons. The standard InChI is InChI=1S/C59H34N2O3/c1-3-13-43-37(11-1)26-29-53-55(43)60-57(63-53)41-31-40(32-42(33-41)58-61-56-44-14-4-2-12-38(44)27-30-54(56)64-58)36-23-21-35(22-24-36)39-25-28-46-45-15-5-6-16-47(45)59(50(46)34-39)48-17-7-9-19-51(48)62-52-20-10-8-18-49(52)59/h1-34H. The summed E-state index contributed by atoms with van der Waals surface area (Å²) < 4.78 is 19.6. The molecule has 1 spiro atoms. The molecule has 14 rings (SSSR count). The van der Waals surface area contributed by atoms with Crippen molar-refractivity contribution in [1.82, 2.24) is 9.97 Å². The molecule has 64 heavy (non-hydrogen) atoms. The van der Waals surface area contributed by atoms with Gasteiger partial charge in [0.25, 0.3) is 0 Å². The highest BCUT2D eigenvalue weighted by Crippen LogP contribution is 2.62. The lowest BCUT2D eigenvalue weighted by Gasteiger charge is -2.39. The van der Waals surface area contributed by atoms with Crippen LogP contribution in [0.25, 0.3) is 100 Å². The predicted molar refractivity (Wildman–Crippen MR) is 256 cm³/mol. The topological polar surface area (TPSA) is 61.3 Å². The summed E-state index contributed by atoms with van der Waals surface area (Å²) in [6.07, 6.45) is 0. The second kappa shape index (κ2) is 13.2. The van der Waals surface area contributed by atoms with Crippen LogP contribution < -0.4 is 4.74 Å². The number of hydrogen-bond donors (Lipinski definition) is 0. The molecule has 5 nitrogen and oxygen atoms in total. The lowest BCUT2D eigenvalue weighted by atomic mass is 9.66. The highest BCUT2D eigenvalue weighted by Gasteiger charge is 2.51. The van der Waals surface area contributed by atoms with Crippen LogP contribution in [-0.4, -0.2) is 9.97 Å². The maximum atomic E-state index is 6.58. The van der Waals surface area contributed by atoms with E-state index in [1.54, 1.807) is 0 Å². The van der Waals surface area contributed by atoms with Gasteiger partial charge in [0, 0.05) is 33.0 Å². The van der Waals surface area contributed by atoms with Crippen LogP contribution in [0.5, 0.6) is 11.5 Å². The van der Waals surface area contributed by atoms with E-state index in [4.69, 9.17) is 23.5 Å². The fourth-order valence-electron chi connectivity index (χ4n) is 10.5. The third-order valence-electron chi connectivity index (χ3n) is 13.4. The molecular weight excluding hydrogens is 785 g/mol. The summed E-state index contributed by atoms with van der Waals surface area (Å²) in [5.74, 6) is 2.85. The molecule has 0 saturated heterocycles. The minimum Gasteiger partial charge on any atom is -0.457 e. The third-order valence-corrected chi connectivity index (χ3v) is 13.4. The molecule has 1 aliphatic heterocycles. The van der Waals surface area contributed by atoms with Gasteiger partial charge < -0.3 is 13.6 Å². The maximum Gasteiger partial charge on any atom is 0.227 e. The molecule has 0 saturated carbocycles. The van der Waals surface area contributed by atoms with E-state index in [0.717, 1.165) is 99.8 Å². The molecule has 1 aliphatic carbocycles. The number of aromatic nitrogens is 2. The van der Waals surface area contributed by atoms with E-state index in [1.807, 2.05) is 36.4 Å². The molecule has 0 unspecified atom stereocenters. The maximum absolute atomic E-state index is 6.58. The molecule has 10 aromatic carbocycles. The molecule has 3 heterocycles. The number of nitrogens with zero attached hydrogens (tertiary/aromatic N) is 2. The fourth-order valence-corrected chi connectivity index (χ4v) is 10.5. The van der Waals surface area contributed by atoms with Gasteiger partial charge in [-0.3, -0.25) is 0 Å². The first-order chi connectivity index (χ1) is 31.7. The molecular formula is C59H34N2O3. The van der Waals surface area contributed by atoms with Crippen molar-refractivity contribution in [1.29, 1.82) is 0 Å². The zero-order valence-electron chi connectivity index (χ0n) is 34.2. The van der Waals surface area contributed by atoms with Crippen molar-refractivity contribution in [2.24, 2.45) is 0 Å². The normalized spacial score (nSPS) is 13.2. The summed E-state index contributed by atoms with van der Waals surface area (Å²) in [6, 6.07) is 72.8. The first kappa shape index (κ1) is 35.1. The number of para-hydroxylation sites is 2. The van der Waals surface area contributed by atoms with E-state index < -0.39 is 5.41 Å². The Labute approximate surface area is 367 Å².